The molecule has 1 heteroatoms. The van der Waals surface area contributed by atoms with Gasteiger partial charge in [0.2, 0.25) is 0 Å². The smallest absolute Gasteiger partial charge is 0.156 e. The molecule has 0 amide bonds. The van der Waals surface area contributed by atoms with Crippen molar-refractivity contribution < 1.29 is 4.79 Å². The largest absolute Gasteiger partial charge is 0.295 e. The third-order valence-corrected chi connectivity index (χ3v) is 7.71. The zero-order valence-corrected chi connectivity index (χ0v) is 17.3. The maximum absolute atomic E-state index is 12.0. The Morgan fingerprint density at radius 2 is 1.78 bits per heavy atom. The van der Waals surface area contributed by atoms with Gasteiger partial charge in [-0.3, -0.25) is 4.79 Å². The van der Waals surface area contributed by atoms with Crippen LogP contribution in [0.4, 0.5) is 0 Å². The highest BCUT2D eigenvalue weighted by Crippen LogP contribution is 2.63. The fourth-order valence-electron chi connectivity index (χ4n) is 6.65. The fraction of sp³-hybridized carbons (Fsp3) is 0.577. The Morgan fingerprint density at radius 3 is 2.56 bits per heavy atom. The van der Waals surface area contributed by atoms with Crippen LogP contribution in [-0.2, 0) is 4.79 Å². The van der Waals surface area contributed by atoms with Gasteiger partial charge in [0.25, 0.3) is 0 Å². The van der Waals surface area contributed by atoms with Gasteiger partial charge in [0.1, 0.15) is 0 Å². The van der Waals surface area contributed by atoms with Gasteiger partial charge in [-0.25, -0.2) is 0 Å². The summed E-state index contributed by atoms with van der Waals surface area (Å²) in [6.07, 6.45) is 11.6. The van der Waals surface area contributed by atoms with Crippen LogP contribution < -0.4 is 0 Å². The molecule has 2 unspecified atom stereocenters. The summed E-state index contributed by atoms with van der Waals surface area (Å²) in [5.41, 5.74) is 6.71. The van der Waals surface area contributed by atoms with Gasteiger partial charge in [0.05, 0.1) is 0 Å². The molecule has 4 aliphatic rings. The van der Waals surface area contributed by atoms with Crippen LogP contribution in [0.1, 0.15) is 83.6 Å². The van der Waals surface area contributed by atoms with Crippen molar-refractivity contribution in [1.29, 1.82) is 0 Å². The van der Waals surface area contributed by atoms with E-state index in [0.717, 1.165) is 31.1 Å². The van der Waals surface area contributed by atoms with Crippen LogP contribution in [0.3, 0.4) is 0 Å². The van der Waals surface area contributed by atoms with E-state index < -0.39 is 0 Å². The Hall–Kier alpha value is -1.63. The van der Waals surface area contributed by atoms with Gasteiger partial charge < -0.3 is 0 Å². The highest BCUT2D eigenvalue weighted by atomic mass is 16.1. The first-order valence-electron chi connectivity index (χ1n) is 11.2. The van der Waals surface area contributed by atoms with Crippen molar-refractivity contribution in [2.24, 2.45) is 17.3 Å². The first kappa shape index (κ1) is 18.7. The molecular formula is C26H34O. The van der Waals surface area contributed by atoms with E-state index in [9.17, 15) is 4.79 Å². The minimum Gasteiger partial charge on any atom is -0.295 e. The Kier molecular flexibility index (Phi) is 5.14. The molecule has 144 valence electrons. The zero-order valence-electron chi connectivity index (χ0n) is 17.3. The minimum atomic E-state index is 0.343. The molecule has 0 aliphatic heterocycles. The molecule has 0 radical (unpaired) electrons. The molecule has 27 heavy (non-hydrogen) atoms. The maximum atomic E-state index is 12.0. The molecule has 0 bridgehead atoms. The summed E-state index contributed by atoms with van der Waals surface area (Å²) >= 11 is 0. The molecule has 0 heterocycles. The van der Waals surface area contributed by atoms with E-state index in [1.165, 1.54) is 43.2 Å². The summed E-state index contributed by atoms with van der Waals surface area (Å²) in [5.74, 6) is 2.54. The number of benzene rings is 1. The van der Waals surface area contributed by atoms with Crippen LogP contribution in [0, 0.1) is 17.3 Å². The lowest BCUT2D eigenvalue weighted by Crippen LogP contribution is -2.40. The van der Waals surface area contributed by atoms with Gasteiger partial charge >= 0.3 is 0 Å². The second kappa shape index (κ2) is 7.41. The lowest BCUT2D eigenvalue weighted by molar-refractivity contribution is -0.114. The molecular weight excluding hydrogens is 328 g/mol. The number of hydrogen-bond donors (Lipinski definition) is 0. The van der Waals surface area contributed by atoms with Crippen molar-refractivity contribution in [1.82, 2.24) is 0 Å². The van der Waals surface area contributed by atoms with Crippen LogP contribution in [0.25, 0.3) is 0 Å². The van der Waals surface area contributed by atoms with Crippen LogP contribution in [0.5, 0.6) is 0 Å². The quantitative estimate of drug-likeness (QED) is 0.525. The average Bonchev–Trinajstić information content (AvgIpc) is 3.10. The summed E-state index contributed by atoms with van der Waals surface area (Å²) in [6, 6.07) is 11.2. The van der Waals surface area contributed by atoms with Crippen LogP contribution in [0.15, 0.2) is 53.1 Å². The molecule has 5 rings (SSSR count). The van der Waals surface area contributed by atoms with Crippen LogP contribution in [0.2, 0.25) is 0 Å². The number of ketones is 1. The molecule has 0 saturated heterocycles. The Balaban J connectivity index is 0.000000872. The third-order valence-electron chi connectivity index (χ3n) is 7.71. The number of carbonyl (C=O) groups is 1. The number of fused-ring (bicyclic) bond motifs is 4. The molecule has 1 aromatic carbocycles. The maximum Gasteiger partial charge on any atom is 0.156 e. The molecule has 4 atom stereocenters. The van der Waals surface area contributed by atoms with E-state index in [1.54, 1.807) is 11.1 Å². The Bertz CT molecular complexity index is 769. The number of allylic oxidation sites excluding steroid dienone is 4. The molecule has 1 aromatic rings. The van der Waals surface area contributed by atoms with Crippen molar-refractivity contribution in [3.63, 3.8) is 0 Å². The summed E-state index contributed by atoms with van der Waals surface area (Å²) in [4.78, 5) is 12.0. The summed E-state index contributed by atoms with van der Waals surface area (Å²) < 4.78 is 0. The highest BCUT2D eigenvalue weighted by molar-refractivity contribution is 5.93. The lowest BCUT2D eigenvalue weighted by atomic mass is 9.53. The van der Waals surface area contributed by atoms with Gasteiger partial charge in [-0.1, -0.05) is 63.1 Å². The predicted molar refractivity (Wildman–Crippen MR) is 113 cm³/mol. The predicted octanol–water partition coefficient (Wildman–Crippen LogP) is 7.00. The molecule has 1 nitrogen and oxygen atoms in total. The normalized spacial score (nSPS) is 34.7. The van der Waals surface area contributed by atoms with E-state index in [4.69, 9.17) is 0 Å². The fourth-order valence-corrected chi connectivity index (χ4v) is 6.65. The summed E-state index contributed by atoms with van der Waals surface area (Å²) in [7, 11) is 0. The van der Waals surface area contributed by atoms with Crippen molar-refractivity contribution in [2.45, 2.75) is 78.1 Å². The molecule has 4 aliphatic carbocycles. The van der Waals surface area contributed by atoms with Gasteiger partial charge in [0, 0.05) is 12.3 Å². The molecule has 0 N–H and O–H groups in total. The number of hydrogen-bond acceptors (Lipinski definition) is 1. The standard InChI is InChI=1S/C24H28O.C2H6/c1-24-13-5-8-22(24)20-11-9-17-14-18(25)10-12-19(17)23(20)21(15-24)16-6-3-2-4-7-16;1-2/h2-4,6-7,14,20-22H,5,8-13,15H2,1H3;1-2H3/t20?,21-,22?,24+;/m1./s1. The van der Waals surface area contributed by atoms with E-state index >= 15 is 0 Å². The van der Waals surface area contributed by atoms with Crippen LogP contribution >= 0.6 is 0 Å². The molecule has 2 fully saturated rings. The Labute approximate surface area is 164 Å². The second-order valence-electron chi connectivity index (χ2n) is 9.04. The summed E-state index contributed by atoms with van der Waals surface area (Å²) in [5, 5.41) is 0. The van der Waals surface area contributed by atoms with Crippen molar-refractivity contribution >= 4 is 5.78 Å². The van der Waals surface area contributed by atoms with Gasteiger partial charge in [-0.05, 0) is 78.6 Å². The topological polar surface area (TPSA) is 17.1 Å². The monoisotopic (exact) mass is 362 g/mol. The van der Waals surface area contributed by atoms with E-state index in [0.29, 0.717) is 17.1 Å². The number of rotatable bonds is 1. The van der Waals surface area contributed by atoms with Crippen molar-refractivity contribution in [2.75, 3.05) is 0 Å². The van der Waals surface area contributed by atoms with Gasteiger partial charge in [-0.15, -0.1) is 0 Å². The lowest BCUT2D eigenvalue weighted by Gasteiger charge is -2.51. The minimum absolute atomic E-state index is 0.343. The first-order valence-corrected chi connectivity index (χ1v) is 11.2. The van der Waals surface area contributed by atoms with E-state index in [-0.39, 0.29) is 0 Å². The first-order chi connectivity index (χ1) is 13.2. The van der Waals surface area contributed by atoms with E-state index in [1.807, 2.05) is 19.9 Å². The number of carbonyl (C=O) groups excluding carboxylic acids is 1. The van der Waals surface area contributed by atoms with Crippen molar-refractivity contribution in [3.8, 4) is 0 Å². The van der Waals surface area contributed by atoms with Crippen molar-refractivity contribution in [3.05, 3.63) is 58.7 Å². The Morgan fingerprint density at radius 1 is 1.00 bits per heavy atom. The average molecular weight is 363 g/mol. The highest BCUT2D eigenvalue weighted by Gasteiger charge is 2.52. The second-order valence-corrected chi connectivity index (χ2v) is 9.04. The van der Waals surface area contributed by atoms with Gasteiger partial charge in [0.15, 0.2) is 5.78 Å². The molecule has 0 aromatic heterocycles. The van der Waals surface area contributed by atoms with Gasteiger partial charge in [-0.2, -0.15) is 0 Å². The zero-order chi connectivity index (χ0) is 19.0. The van der Waals surface area contributed by atoms with E-state index in [2.05, 4.69) is 37.3 Å². The SMILES string of the molecule is CC.C[C@@]12CCCC1C1CCC3=CC(=O)CCC3=C1[C@@H](c1ccccc1)C2. The molecule has 2 saturated carbocycles. The third kappa shape index (κ3) is 3.13. The summed E-state index contributed by atoms with van der Waals surface area (Å²) in [6.45, 7) is 6.57. The molecule has 0 spiro atoms. The van der Waals surface area contributed by atoms with Crippen LogP contribution in [-0.4, -0.2) is 5.78 Å².